The maximum atomic E-state index is 4.26. The quantitative estimate of drug-likeness (QED) is 0.879. The number of nitrogens with one attached hydrogen (secondary N) is 2. The van der Waals surface area contributed by atoms with E-state index in [1.807, 2.05) is 0 Å². The topological polar surface area (TPSA) is 44.0 Å². The molecule has 3 rings (SSSR count). The first-order chi connectivity index (χ1) is 9.33. The van der Waals surface area contributed by atoms with Crippen LogP contribution in [0.1, 0.15) is 18.4 Å². The van der Waals surface area contributed by atoms with E-state index < -0.39 is 0 Å². The molecular weight excluding hydrogens is 236 g/mol. The minimum Gasteiger partial charge on any atom is -0.345 e. The highest BCUT2D eigenvalue weighted by molar-refractivity contribution is 5.75. The Morgan fingerprint density at radius 1 is 1.32 bits per heavy atom. The summed E-state index contributed by atoms with van der Waals surface area (Å²) in [7, 11) is 2.25. The number of hydrogen-bond acceptors (Lipinski definition) is 3. The minimum absolute atomic E-state index is 0.747. The van der Waals surface area contributed by atoms with E-state index in [4.69, 9.17) is 0 Å². The average molecular weight is 258 g/mol. The van der Waals surface area contributed by atoms with E-state index in [9.17, 15) is 0 Å². The largest absolute Gasteiger partial charge is 0.345 e. The summed E-state index contributed by atoms with van der Waals surface area (Å²) in [6, 6.07) is 7.26. The third kappa shape index (κ3) is 2.96. The van der Waals surface area contributed by atoms with Crippen LogP contribution in [0.3, 0.4) is 0 Å². The van der Waals surface area contributed by atoms with Gasteiger partial charge in [-0.1, -0.05) is 6.07 Å². The van der Waals surface area contributed by atoms with Gasteiger partial charge < -0.3 is 15.2 Å². The number of H-pyrrole nitrogens is 1. The summed E-state index contributed by atoms with van der Waals surface area (Å²) in [6.45, 7) is 3.45. The van der Waals surface area contributed by atoms with Crippen molar-refractivity contribution in [3.63, 3.8) is 0 Å². The van der Waals surface area contributed by atoms with Gasteiger partial charge in [-0.15, -0.1) is 0 Å². The first kappa shape index (κ1) is 12.6. The van der Waals surface area contributed by atoms with Crippen molar-refractivity contribution in [3.8, 4) is 0 Å². The molecule has 0 saturated carbocycles. The number of benzene rings is 1. The Balaban J connectivity index is 1.58. The molecule has 1 saturated heterocycles. The summed E-state index contributed by atoms with van der Waals surface area (Å²) in [4.78, 5) is 9.95. The first-order valence-corrected chi connectivity index (χ1v) is 7.16. The zero-order valence-corrected chi connectivity index (χ0v) is 11.5. The summed E-state index contributed by atoms with van der Waals surface area (Å²) >= 11 is 0. The van der Waals surface area contributed by atoms with Crippen molar-refractivity contribution < 1.29 is 0 Å². The van der Waals surface area contributed by atoms with Crippen LogP contribution < -0.4 is 5.32 Å². The number of imidazole rings is 1. The van der Waals surface area contributed by atoms with E-state index in [-0.39, 0.29) is 0 Å². The number of likely N-dealkylation sites (N-methyl/N-ethyl adjacent to an activating group) is 1. The molecule has 4 nitrogen and oxygen atoms in total. The van der Waals surface area contributed by atoms with Gasteiger partial charge >= 0.3 is 0 Å². The molecule has 1 fully saturated rings. The molecule has 0 spiro atoms. The zero-order chi connectivity index (χ0) is 13.1. The van der Waals surface area contributed by atoms with Gasteiger partial charge in [0.05, 0.1) is 17.4 Å². The average Bonchev–Trinajstić information content (AvgIpc) is 2.93. The third-order valence-electron chi connectivity index (χ3n) is 4.17. The Bertz CT molecular complexity index is 528. The Morgan fingerprint density at radius 2 is 2.16 bits per heavy atom. The lowest BCUT2D eigenvalue weighted by molar-refractivity contribution is 0.201. The number of rotatable bonds is 4. The van der Waals surface area contributed by atoms with E-state index in [0.29, 0.717) is 0 Å². The fraction of sp³-hybridized carbons (Fsp3) is 0.533. The summed E-state index contributed by atoms with van der Waals surface area (Å²) in [6.07, 6.45) is 5.41. The van der Waals surface area contributed by atoms with Crippen LogP contribution >= 0.6 is 0 Å². The Morgan fingerprint density at radius 3 is 3.00 bits per heavy atom. The maximum Gasteiger partial charge on any atom is 0.0931 e. The number of aromatic nitrogens is 2. The number of fused-ring (bicyclic) bond motifs is 1. The van der Waals surface area contributed by atoms with Crippen molar-refractivity contribution in [1.82, 2.24) is 20.2 Å². The first-order valence-electron chi connectivity index (χ1n) is 7.16. The standard InChI is InChI=1S/C15H22N4/c1-19(13-4-7-16-8-5-13)9-6-12-2-3-14-15(10-12)18-11-17-14/h2-3,10-11,13,16H,4-9H2,1H3,(H,17,18). The number of aromatic amines is 1. The van der Waals surface area contributed by atoms with Crippen LogP contribution in [0, 0.1) is 0 Å². The molecule has 0 bridgehead atoms. The minimum atomic E-state index is 0.747. The summed E-state index contributed by atoms with van der Waals surface area (Å²) in [5.41, 5.74) is 3.58. The van der Waals surface area contributed by atoms with Gasteiger partial charge in [0.25, 0.3) is 0 Å². The predicted molar refractivity (Wildman–Crippen MR) is 78.3 cm³/mol. The lowest BCUT2D eigenvalue weighted by atomic mass is 10.0. The summed E-state index contributed by atoms with van der Waals surface area (Å²) < 4.78 is 0. The molecule has 4 heteroatoms. The summed E-state index contributed by atoms with van der Waals surface area (Å²) in [5.74, 6) is 0. The van der Waals surface area contributed by atoms with Crippen molar-refractivity contribution in [2.45, 2.75) is 25.3 Å². The fourth-order valence-corrected chi connectivity index (χ4v) is 2.87. The van der Waals surface area contributed by atoms with Gasteiger partial charge in [0, 0.05) is 12.6 Å². The molecule has 102 valence electrons. The Hall–Kier alpha value is -1.39. The SMILES string of the molecule is CN(CCc1ccc2nc[nH]c2c1)C1CCNCC1. The molecule has 1 aliphatic heterocycles. The second-order valence-electron chi connectivity index (χ2n) is 5.47. The van der Waals surface area contributed by atoms with Crippen LogP contribution in [0.25, 0.3) is 11.0 Å². The van der Waals surface area contributed by atoms with Gasteiger partial charge in [-0.3, -0.25) is 0 Å². The van der Waals surface area contributed by atoms with E-state index in [2.05, 4.69) is 45.4 Å². The van der Waals surface area contributed by atoms with Crippen LogP contribution in [-0.2, 0) is 6.42 Å². The van der Waals surface area contributed by atoms with Crippen molar-refractivity contribution in [2.75, 3.05) is 26.7 Å². The molecule has 0 atom stereocenters. The Kier molecular flexibility index (Phi) is 3.80. The van der Waals surface area contributed by atoms with E-state index in [0.717, 1.165) is 43.1 Å². The van der Waals surface area contributed by atoms with Crippen molar-refractivity contribution >= 4 is 11.0 Å². The molecule has 19 heavy (non-hydrogen) atoms. The highest BCUT2D eigenvalue weighted by atomic mass is 15.1. The van der Waals surface area contributed by atoms with Gasteiger partial charge in [-0.05, 0) is 57.1 Å². The van der Waals surface area contributed by atoms with E-state index in [1.165, 1.54) is 18.4 Å². The molecule has 0 radical (unpaired) electrons. The van der Waals surface area contributed by atoms with Gasteiger partial charge in [0.1, 0.15) is 0 Å². The highest BCUT2D eigenvalue weighted by Gasteiger charge is 2.17. The second kappa shape index (κ2) is 5.72. The zero-order valence-electron chi connectivity index (χ0n) is 11.5. The maximum absolute atomic E-state index is 4.26. The smallest absolute Gasteiger partial charge is 0.0931 e. The molecule has 0 unspecified atom stereocenters. The van der Waals surface area contributed by atoms with Crippen LogP contribution in [0.2, 0.25) is 0 Å². The molecule has 1 aromatic carbocycles. The molecule has 2 heterocycles. The lowest BCUT2D eigenvalue weighted by Crippen LogP contribution is -2.41. The van der Waals surface area contributed by atoms with Crippen molar-refractivity contribution in [2.24, 2.45) is 0 Å². The number of piperidine rings is 1. The van der Waals surface area contributed by atoms with Crippen LogP contribution in [-0.4, -0.2) is 47.6 Å². The van der Waals surface area contributed by atoms with Gasteiger partial charge in [0.2, 0.25) is 0 Å². The summed E-state index contributed by atoms with van der Waals surface area (Å²) in [5, 5.41) is 3.42. The predicted octanol–water partition coefficient (Wildman–Crippen LogP) is 1.79. The van der Waals surface area contributed by atoms with Crippen molar-refractivity contribution in [1.29, 1.82) is 0 Å². The highest BCUT2D eigenvalue weighted by Crippen LogP contribution is 2.14. The molecule has 0 aliphatic carbocycles. The van der Waals surface area contributed by atoms with Gasteiger partial charge in [-0.2, -0.15) is 0 Å². The number of nitrogens with zero attached hydrogens (tertiary/aromatic N) is 2. The van der Waals surface area contributed by atoms with Gasteiger partial charge in [0.15, 0.2) is 0 Å². The number of hydrogen-bond donors (Lipinski definition) is 2. The lowest BCUT2D eigenvalue weighted by Gasteiger charge is -2.31. The van der Waals surface area contributed by atoms with Crippen LogP contribution in [0.15, 0.2) is 24.5 Å². The third-order valence-corrected chi connectivity index (χ3v) is 4.17. The van der Waals surface area contributed by atoms with Crippen LogP contribution in [0.4, 0.5) is 0 Å². The normalized spacial score (nSPS) is 17.4. The molecular formula is C15H22N4. The molecule has 2 N–H and O–H groups in total. The van der Waals surface area contributed by atoms with Crippen LogP contribution in [0.5, 0.6) is 0 Å². The Labute approximate surface area is 114 Å². The van der Waals surface area contributed by atoms with E-state index in [1.54, 1.807) is 6.33 Å². The molecule has 0 amide bonds. The van der Waals surface area contributed by atoms with Crippen molar-refractivity contribution in [3.05, 3.63) is 30.1 Å². The fourth-order valence-electron chi connectivity index (χ4n) is 2.87. The monoisotopic (exact) mass is 258 g/mol. The molecule has 1 aliphatic rings. The second-order valence-corrected chi connectivity index (χ2v) is 5.47. The van der Waals surface area contributed by atoms with Gasteiger partial charge in [-0.25, -0.2) is 4.98 Å². The van der Waals surface area contributed by atoms with E-state index >= 15 is 0 Å². The molecule has 1 aromatic heterocycles. The molecule has 2 aromatic rings.